The third-order valence-electron chi connectivity index (χ3n) is 9.19. The summed E-state index contributed by atoms with van der Waals surface area (Å²) in [5.41, 5.74) is 5.01. The van der Waals surface area contributed by atoms with Crippen molar-refractivity contribution in [2.45, 2.75) is 82.9 Å². The van der Waals surface area contributed by atoms with Crippen LogP contribution in [0.2, 0.25) is 0 Å². The highest BCUT2D eigenvalue weighted by molar-refractivity contribution is 5.94. The summed E-state index contributed by atoms with van der Waals surface area (Å²) in [6.07, 6.45) is 12.5. The van der Waals surface area contributed by atoms with Gasteiger partial charge in [-0.15, -0.1) is 0 Å². The second kappa shape index (κ2) is 11.6. The number of benzene rings is 2. The Balaban J connectivity index is 0.990. The molecule has 198 valence electrons. The average Bonchev–Trinajstić information content (AvgIpc) is 3.46. The van der Waals surface area contributed by atoms with Crippen LogP contribution in [0.1, 0.15) is 78.4 Å². The monoisotopic (exact) mass is 502 g/mol. The zero-order chi connectivity index (χ0) is 25.0. The van der Waals surface area contributed by atoms with Gasteiger partial charge in [-0.1, -0.05) is 37.5 Å². The molecule has 0 aromatic heterocycles. The molecule has 0 unspecified atom stereocenters. The first kappa shape index (κ1) is 24.9. The van der Waals surface area contributed by atoms with Crippen molar-refractivity contribution >= 4 is 5.91 Å². The Morgan fingerprint density at radius 2 is 1.81 bits per heavy atom. The minimum atomic E-state index is 0.00172. The number of nitrogens with zero attached hydrogens (tertiary/aromatic N) is 1. The Labute approximate surface area is 221 Å². The van der Waals surface area contributed by atoms with Gasteiger partial charge in [0, 0.05) is 31.3 Å². The first-order valence-electron chi connectivity index (χ1n) is 14.7. The van der Waals surface area contributed by atoms with Gasteiger partial charge < -0.3 is 14.8 Å². The maximum Gasteiger partial charge on any atom is 0.251 e. The molecule has 1 saturated carbocycles. The number of hydrogen-bond acceptors (Lipinski definition) is 4. The Bertz CT molecular complexity index is 1060. The summed E-state index contributed by atoms with van der Waals surface area (Å²) in [7, 11) is 0. The van der Waals surface area contributed by atoms with E-state index in [0.717, 1.165) is 62.8 Å². The number of carbonyl (C=O) groups excluding carboxylic acids is 1. The van der Waals surface area contributed by atoms with Crippen LogP contribution in [0.4, 0.5) is 0 Å². The molecule has 2 aliphatic carbocycles. The molecule has 5 heteroatoms. The zero-order valence-electron chi connectivity index (χ0n) is 22.1. The molecule has 2 aromatic carbocycles. The minimum Gasteiger partial charge on any atom is -0.491 e. The quantitative estimate of drug-likeness (QED) is 0.540. The van der Waals surface area contributed by atoms with E-state index in [1.807, 2.05) is 24.3 Å². The van der Waals surface area contributed by atoms with Gasteiger partial charge in [-0.25, -0.2) is 0 Å². The molecule has 1 amide bonds. The fourth-order valence-corrected chi connectivity index (χ4v) is 7.04. The van der Waals surface area contributed by atoms with Gasteiger partial charge in [0.15, 0.2) is 0 Å². The molecule has 4 atom stereocenters. The highest BCUT2D eigenvalue weighted by Crippen LogP contribution is 2.36. The first-order valence-corrected chi connectivity index (χ1v) is 14.7. The Morgan fingerprint density at radius 3 is 2.65 bits per heavy atom. The number of carbonyl (C=O) groups is 1. The summed E-state index contributed by atoms with van der Waals surface area (Å²) in [6, 6.07) is 14.8. The van der Waals surface area contributed by atoms with E-state index in [9.17, 15) is 4.79 Å². The molecule has 5 nitrogen and oxygen atoms in total. The van der Waals surface area contributed by atoms with Crippen molar-refractivity contribution < 1.29 is 14.3 Å². The normalized spacial score (nSPS) is 27.8. The van der Waals surface area contributed by atoms with Crippen LogP contribution in [0, 0.1) is 11.8 Å². The van der Waals surface area contributed by atoms with Crippen molar-refractivity contribution in [2.24, 2.45) is 11.8 Å². The van der Waals surface area contributed by atoms with Crippen molar-refractivity contribution in [3.63, 3.8) is 0 Å². The maximum atomic E-state index is 12.9. The summed E-state index contributed by atoms with van der Waals surface area (Å²) in [4.78, 5) is 15.6. The minimum absolute atomic E-state index is 0.00172. The smallest absolute Gasteiger partial charge is 0.251 e. The van der Waals surface area contributed by atoms with E-state index in [1.165, 1.54) is 61.9 Å². The van der Waals surface area contributed by atoms with Crippen LogP contribution in [0.15, 0.2) is 42.5 Å². The number of likely N-dealkylation sites (tertiary alicyclic amines) is 1. The van der Waals surface area contributed by atoms with Crippen LogP contribution < -0.4 is 10.1 Å². The zero-order valence-corrected chi connectivity index (χ0v) is 22.1. The highest BCUT2D eigenvalue weighted by atomic mass is 16.5. The van der Waals surface area contributed by atoms with E-state index >= 15 is 0 Å². The largest absolute Gasteiger partial charge is 0.491 e. The Hall–Kier alpha value is -2.37. The van der Waals surface area contributed by atoms with Crippen LogP contribution in [-0.2, 0) is 24.1 Å². The number of aryl methyl sites for hydroxylation is 1. The number of ether oxygens (including phenoxy) is 2. The number of amides is 1. The molecule has 2 aromatic rings. The van der Waals surface area contributed by atoms with Crippen LogP contribution in [0.5, 0.6) is 5.75 Å². The lowest BCUT2D eigenvalue weighted by Gasteiger charge is -2.41. The average molecular weight is 503 g/mol. The predicted octanol–water partition coefficient (Wildman–Crippen LogP) is 5.54. The molecular weight excluding hydrogens is 460 g/mol. The van der Waals surface area contributed by atoms with Crippen molar-refractivity contribution in [1.82, 2.24) is 10.2 Å². The molecule has 2 aliphatic heterocycles. The molecule has 0 radical (unpaired) electrons. The molecule has 2 heterocycles. The summed E-state index contributed by atoms with van der Waals surface area (Å²) >= 11 is 0. The second-order valence-electron chi connectivity index (χ2n) is 11.8. The van der Waals surface area contributed by atoms with Gasteiger partial charge in [0.05, 0.1) is 6.10 Å². The van der Waals surface area contributed by atoms with Crippen LogP contribution in [0.25, 0.3) is 0 Å². The van der Waals surface area contributed by atoms with Gasteiger partial charge in [0.1, 0.15) is 12.4 Å². The molecule has 6 rings (SSSR count). The van der Waals surface area contributed by atoms with E-state index in [0.29, 0.717) is 12.2 Å². The molecule has 0 spiro atoms. The van der Waals surface area contributed by atoms with Crippen molar-refractivity contribution in [3.8, 4) is 5.75 Å². The van der Waals surface area contributed by atoms with Gasteiger partial charge in [-0.05, 0) is 104 Å². The molecular formula is C32H42N2O3. The van der Waals surface area contributed by atoms with Gasteiger partial charge in [-0.2, -0.15) is 0 Å². The SMILES string of the molecule is O=C(N[C@H]1CCc2cc(CN3CC[C@H]4CCCC[C@@H]4C3)ccc2C1)c1ccc(OC[C@@H]2CCCO2)cc1. The Kier molecular flexibility index (Phi) is 7.80. The van der Waals surface area contributed by atoms with Crippen LogP contribution >= 0.6 is 0 Å². The van der Waals surface area contributed by atoms with E-state index < -0.39 is 0 Å². The molecule has 2 saturated heterocycles. The van der Waals surface area contributed by atoms with Crippen molar-refractivity contribution in [3.05, 3.63) is 64.7 Å². The van der Waals surface area contributed by atoms with E-state index in [-0.39, 0.29) is 18.1 Å². The van der Waals surface area contributed by atoms with E-state index in [1.54, 1.807) is 0 Å². The summed E-state index contributed by atoms with van der Waals surface area (Å²) in [5.74, 6) is 2.71. The van der Waals surface area contributed by atoms with Gasteiger partial charge in [0.25, 0.3) is 5.91 Å². The summed E-state index contributed by atoms with van der Waals surface area (Å²) in [6.45, 7) is 5.05. The number of hydrogen-bond donors (Lipinski definition) is 1. The van der Waals surface area contributed by atoms with E-state index in [2.05, 4.69) is 28.4 Å². The molecule has 4 aliphatic rings. The molecule has 0 bridgehead atoms. The number of fused-ring (bicyclic) bond motifs is 2. The van der Waals surface area contributed by atoms with Crippen molar-refractivity contribution in [2.75, 3.05) is 26.3 Å². The van der Waals surface area contributed by atoms with Gasteiger partial charge >= 0.3 is 0 Å². The number of piperidine rings is 1. The second-order valence-corrected chi connectivity index (χ2v) is 11.8. The first-order chi connectivity index (χ1) is 18.2. The molecule has 37 heavy (non-hydrogen) atoms. The summed E-state index contributed by atoms with van der Waals surface area (Å²) in [5, 5.41) is 3.27. The standard InChI is InChI=1S/C32H42N2O3/c35-32(25-10-13-30(14-11-25)37-22-31-6-3-17-36-31)33-29-12-9-26-18-23(7-8-27(26)19-29)20-34-16-15-24-4-1-2-5-28(24)21-34/h7-8,10-11,13-14,18,24,28-29,31H,1-6,9,12,15-17,19-22H2,(H,33,35)/t24-,28-,29+,31+/m1/s1. The maximum absolute atomic E-state index is 12.9. The third-order valence-corrected chi connectivity index (χ3v) is 9.19. The van der Waals surface area contributed by atoms with Crippen LogP contribution in [0.3, 0.4) is 0 Å². The number of nitrogens with one attached hydrogen (secondary N) is 1. The molecule has 3 fully saturated rings. The lowest BCUT2D eigenvalue weighted by atomic mass is 9.75. The van der Waals surface area contributed by atoms with Gasteiger partial charge in [-0.3, -0.25) is 9.69 Å². The molecule has 1 N–H and O–H groups in total. The highest BCUT2D eigenvalue weighted by Gasteiger charge is 2.31. The van der Waals surface area contributed by atoms with Crippen molar-refractivity contribution in [1.29, 1.82) is 0 Å². The van der Waals surface area contributed by atoms with Crippen LogP contribution in [-0.4, -0.2) is 49.3 Å². The summed E-state index contributed by atoms with van der Waals surface area (Å²) < 4.78 is 11.4. The third kappa shape index (κ3) is 6.21. The fourth-order valence-electron chi connectivity index (χ4n) is 7.04. The predicted molar refractivity (Wildman–Crippen MR) is 146 cm³/mol. The fraction of sp³-hybridized carbons (Fsp3) is 0.594. The van der Waals surface area contributed by atoms with E-state index in [4.69, 9.17) is 9.47 Å². The topological polar surface area (TPSA) is 50.8 Å². The lowest BCUT2D eigenvalue weighted by molar-refractivity contribution is 0.0679. The Morgan fingerprint density at radius 1 is 0.946 bits per heavy atom. The van der Waals surface area contributed by atoms with Gasteiger partial charge in [0.2, 0.25) is 0 Å². The lowest BCUT2D eigenvalue weighted by Crippen LogP contribution is -2.41. The number of rotatable bonds is 7.